The fourth-order valence-corrected chi connectivity index (χ4v) is 1.28. The van der Waals surface area contributed by atoms with Crippen LogP contribution in [0.4, 0.5) is 0 Å². The molecular formula is C9H18N4O2. The minimum absolute atomic E-state index is 0.341. The quantitative estimate of drug-likeness (QED) is 0.634. The van der Waals surface area contributed by atoms with Crippen LogP contribution in [0.2, 0.25) is 0 Å². The van der Waals surface area contributed by atoms with Crippen molar-refractivity contribution in [1.82, 2.24) is 20.1 Å². The molecule has 2 N–H and O–H groups in total. The number of aliphatic hydroxyl groups is 1. The van der Waals surface area contributed by atoms with Crippen molar-refractivity contribution < 1.29 is 9.84 Å². The summed E-state index contributed by atoms with van der Waals surface area (Å²) >= 11 is 0. The van der Waals surface area contributed by atoms with E-state index in [9.17, 15) is 5.11 Å². The Morgan fingerprint density at radius 3 is 3.13 bits per heavy atom. The summed E-state index contributed by atoms with van der Waals surface area (Å²) in [6.07, 6.45) is 1.22. The fourth-order valence-electron chi connectivity index (χ4n) is 1.28. The van der Waals surface area contributed by atoms with Crippen LogP contribution in [-0.2, 0) is 17.8 Å². The summed E-state index contributed by atoms with van der Waals surface area (Å²) in [6.45, 7) is 4.32. The number of rotatable bonds is 7. The Morgan fingerprint density at radius 2 is 2.47 bits per heavy atom. The lowest BCUT2D eigenvalue weighted by Crippen LogP contribution is -2.30. The molecule has 0 radical (unpaired) electrons. The van der Waals surface area contributed by atoms with E-state index in [0.29, 0.717) is 19.7 Å². The summed E-state index contributed by atoms with van der Waals surface area (Å²) in [5, 5.41) is 20.2. The van der Waals surface area contributed by atoms with Crippen molar-refractivity contribution in [2.24, 2.45) is 0 Å². The number of aryl methyl sites for hydroxylation is 1. The van der Waals surface area contributed by atoms with E-state index < -0.39 is 6.10 Å². The van der Waals surface area contributed by atoms with Crippen molar-refractivity contribution in [3.05, 3.63) is 12.2 Å². The van der Waals surface area contributed by atoms with E-state index in [1.165, 1.54) is 0 Å². The van der Waals surface area contributed by atoms with Crippen molar-refractivity contribution in [3.8, 4) is 0 Å². The highest BCUT2D eigenvalue weighted by Gasteiger charge is 2.05. The second kappa shape index (κ2) is 6.49. The van der Waals surface area contributed by atoms with Gasteiger partial charge >= 0.3 is 0 Å². The third-order valence-corrected chi connectivity index (χ3v) is 2.06. The van der Waals surface area contributed by atoms with Gasteiger partial charge < -0.3 is 19.7 Å². The largest absolute Gasteiger partial charge is 0.389 e. The Kier molecular flexibility index (Phi) is 5.23. The van der Waals surface area contributed by atoms with Crippen molar-refractivity contribution in [1.29, 1.82) is 0 Å². The molecular weight excluding hydrogens is 196 g/mol. The van der Waals surface area contributed by atoms with Crippen molar-refractivity contribution in [3.63, 3.8) is 0 Å². The summed E-state index contributed by atoms with van der Waals surface area (Å²) in [4.78, 5) is 0. The lowest BCUT2D eigenvalue weighted by molar-refractivity contribution is 0.0642. The maximum Gasteiger partial charge on any atom is 0.146 e. The van der Waals surface area contributed by atoms with Gasteiger partial charge in [0.05, 0.1) is 19.3 Å². The third-order valence-electron chi connectivity index (χ3n) is 2.06. The van der Waals surface area contributed by atoms with Gasteiger partial charge in [0.25, 0.3) is 0 Å². The number of nitrogens with one attached hydrogen (secondary N) is 1. The summed E-state index contributed by atoms with van der Waals surface area (Å²) in [6, 6.07) is 0. The first-order valence-corrected chi connectivity index (χ1v) is 5.02. The smallest absolute Gasteiger partial charge is 0.146 e. The molecule has 0 aliphatic rings. The number of ether oxygens (including phenoxy) is 1. The molecule has 1 atom stereocenters. The Morgan fingerprint density at radius 1 is 1.67 bits per heavy atom. The molecule has 0 aliphatic heterocycles. The van der Waals surface area contributed by atoms with Crippen LogP contribution >= 0.6 is 0 Å². The van der Waals surface area contributed by atoms with Gasteiger partial charge in [0, 0.05) is 20.2 Å². The van der Waals surface area contributed by atoms with E-state index in [1.54, 1.807) is 13.4 Å². The van der Waals surface area contributed by atoms with Gasteiger partial charge in [0.1, 0.15) is 12.2 Å². The third kappa shape index (κ3) is 3.94. The molecule has 15 heavy (non-hydrogen) atoms. The molecule has 86 valence electrons. The molecule has 1 aromatic heterocycles. The molecule has 6 nitrogen and oxygen atoms in total. The predicted molar refractivity (Wildman–Crippen MR) is 55.3 cm³/mol. The molecule has 0 fully saturated rings. The highest BCUT2D eigenvalue weighted by molar-refractivity contribution is 4.84. The summed E-state index contributed by atoms with van der Waals surface area (Å²) < 4.78 is 6.77. The summed E-state index contributed by atoms with van der Waals surface area (Å²) in [7, 11) is 1.57. The van der Waals surface area contributed by atoms with Crippen molar-refractivity contribution in [2.45, 2.75) is 26.1 Å². The SMILES string of the molecule is CCn1cnnc1CNCC(O)COC. The summed E-state index contributed by atoms with van der Waals surface area (Å²) in [5.74, 6) is 0.877. The normalized spacial score (nSPS) is 13.0. The molecule has 1 unspecified atom stereocenters. The van der Waals surface area contributed by atoms with Gasteiger partial charge in [0.15, 0.2) is 0 Å². The first-order valence-electron chi connectivity index (χ1n) is 5.02. The zero-order chi connectivity index (χ0) is 11.1. The first-order chi connectivity index (χ1) is 7.27. The maximum atomic E-state index is 9.37. The van der Waals surface area contributed by atoms with E-state index in [4.69, 9.17) is 4.74 Å². The van der Waals surface area contributed by atoms with Crippen molar-refractivity contribution in [2.75, 3.05) is 20.3 Å². The van der Waals surface area contributed by atoms with Gasteiger partial charge in [-0.15, -0.1) is 10.2 Å². The molecule has 0 aliphatic carbocycles. The van der Waals surface area contributed by atoms with E-state index in [0.717, 1.165) is 12.4 Å². The first kappa shape index (κ1) is 12.1. The standard InChI is InChI=1S/C9H18N4O2/c1-3-13-7-11-12-9(13)5-10-4-8(14)6-15-2/h7-8,10,14H,3-6H2,1-2H3. The average Bonchev–Trinajstić information content (AvgIpc) is 2.66. The van der Waals surface area contributed by atoms with Crippen molar-refractivity contribution >= 4 is 0 Å². The Labute approximate surface area is 89.3 Å². The van der Waals surface area contributed by atoms with Crippen LogP contribution in [0.5, 0.6) is 0 Å². The molecule has 1 heterocycles. The van der Waals surface area contributed by atoms with E-state index in [1.807, 2.05) is 11.5 Å². The Bertz CT molecular complexity index is 277. The Hall–Kier alpha value is -0.980. The van der Waals surface area contributed by atoms with Gasteiger partial charge in [-0.1, -0.05) is 0 Å². The van der Waals surface area contributed by atoms with E-state index in [-0.39, 0.29) is 0 Å². The summed E-state index contributed by atoms with van der Waals surface area (Å²) in [5.41, 5.74) is 0. The topological polar surface area (TPSA) is 72.2 Å². The molecule has 0 spiro atoms. The molecule has 1 aromatic rings. The maximum absolute atomic E-state index is 9.37. The average molecular weight is 214 g/mol. The zero-order valence-electron chi connectivity index (χ0n) is 9.18. The molecule has 0 saturated carbocycles. The second-order valence-electron chi connectivity index (χ2n) is 3.27. The molecule has 0 aromatic carbocycles. The van der Waals surface area contributed by atoms with Gasteiger partial charge in [-0.25, -0.2) is 0 Å². The van der Waals surface area contributed by atoms with Gasteiger partial charge in [-0.05, 0) is 6.92 Å². The van der Waals surface area contributed by atoms with Crippen LogP contribution in [0.1, 0.15) is 12.7 Å². The van der Waals surface area contributed by atoms with E-state index in [2.05, 4.69) is 15.5 Å². The van der Waals surface area contributed by atoms with Gasteiger partial charge in [0.2, 0.25) is 0 Å². The Balaban J connectivity index is 2.25. The van der Waals surface area contributed by atoms with Gasteiger partial charge in [-0.3, -0.25) is 0 Å². The van der Waals surface area contributed by atoms with Crippen LogP contribution in [0, 0.1) is 0 Å². The van der Waals surface area contributed by atoms with Crippen LogP contribution < -0.4 is 5.32 Å². The molecule has 0 saturated heterocycles. The molecule has 1 rings (SSSR count). The number of hydrogen-bond acceptors (Lipinski definition) is 5. The highest BCUT2D eigenvalue weighted by Crippen LogP contribution is 1.94. The predicted octanol–water partition coefficient (Wildman–Crippen LogP) is -0.605. The minimum atomic E-state index is -0.479. The molecule has 6 heteroatoms. The molecule has 0 amide bonds. The van der Waals surface area contributed by atoms with E-state index >= 15 is 0 Å². The highest BCUT2D eigenvalue weighted by atomic mass is 16.5. The fraction of sp³-hybridized carbons (Fsp3) is 0.778. The number of hydrogen-bond donors (Lipinski definition) is 2. The number of methoxy groups -OCH3 is 1. The minimum Gasteiger partial charge on any atom is -0.389 e. The number of aliphatic hydroxyl groups excluding tert-OH is 1. The lowest BCUT2D eigenvalue weighted by atomic mass is 10.4. The second-order valence-corrected chi connectivity index (χ2v) is 3.27. The van der Waals surface area contributed by atoms with Crippen LogP contribution in [0.3, 0.4) is 0 Å². The number of aromatic nitrogens is 3. The van der Waals surface area contributed by atoms with Crippen LogP contribution in [0.15, 0.2) is 6.33 Å². The zero-order valence-corrected chi connectivity index (χ0v) is 9.18. The van der Waals surface area contributed by atoms with Gasteiger partial charge in [-0.2, -0.15) is 0 Å². The monoisotopic (exact) mass is 214 g/mol. The molecule has 0 bridgehead atoms. The number of nitrogens with zero attached hydrogens (tertiary/aromatic N) is 3. The lowest BCUT2D eigenvalue weighted by Gasteiger charge is -2.10. The van der Waals surface area contributed by atoms with Crippen LogP contribution in [0.25, 0.3) is 0 Å². The van der Waals surface area contributed by atoms with Crippen LogP contribution in [-0.4, -0.2) is 46.2 Å².